The van der Waals surface area contributed by atoms with Gasteiger partial charge >= 0.3 is 0 Å². The van der Waals surface area contributed by atoms with Gasteiger partial charge in [-0.15, -0.1) is 0 Å². The Kier molecular flexibility index (Phi) is 4.20. The zero-order valence-corrected chi connectivity index (χ0v) is 10.6. The van der Waals surface area contributed by atoms with Crippen molar-refractivity contribution in [3.8, 4) is 0 Å². The Balaban J connectivity index is 2.00. The van der Waals surface area contributed by atoms with E-state index in [2.05, 4.69) is 28.2 Å². The van der Waals surface area contributed by atoms with Gasteiger partial charge in [0, 0.05) is 32.7 Å². The Morgan fingerprint density at radius 1 is 1.53 bits per heavy atom. The quantitative estimate of drug-likeness (QED) is 0.847. The fourth-order valence-electron chi connectivity index (χ4n) is 2.34. The summed E-state index contributed by atoms with van der Waals surface area (Å²) in [6.45, 7) is 6.06. The van der Waals surface area contributed by atoms with Gasteiger partial charge in [0.05, 0.1) is 30.4 Å². The number of anilines is 2. The standard InChI is InChI=1S/C13H21N3O/c1-3-15-12-6-13(8-14-7-12)16-5-4-11(9-16)10-17-2/h6-8,11,15H,3-5,9-10H2,1-2H3. The SMILES string of the molecule is CCNc1cncc(N2CCC(COC)C2)c1. The van der Waals surface area contributed by atoms with Gasteiger partial charge in [0.2, 0.25) is 0 Å². The van der Waals surface area contributed by atoms with E-state index in [1.165, 1.54) is 12.1 Å². The Morgan fingerprint density at radius 3 is 3.18 bits per heavy atom. The number of nitrogens with zero attached hydrogens (tertiary/aromatic N) is 2. The summed E-state index contributed by atoms with van der Waals surface area (Å²) in [5.74, 6) is 0.655. The predicted molar refractivity (Wildman–Crippen MR) is 70.6 cm³/mol. The molecule has 0 aromatic carbocycles. The van der Waals surface area contributed by atoms with Crippen molar-refractivity contribution in [3.63, 3.8) is 0 Å². The molecule has 4 heteroatoms. The van der Waals surface area contributed by atoms with E-state index in [-0.39, 0.29) is 0 Å². The van der Waals surface area contributed by atoms with Crippen molar-refractivity contribution < 1.29 is 4.74 Å². The summed E-state index contributed by atoms with van der Waals surface area (Å²) >= 11 is 0. The summed E-state index contributed by atoms with van der Waals surface area (Å²) in [5.41, 5.74) is 2.31. The van der Waals surface area contributed by atoms with Crippen molar-refractivity contribution >= 4 is 11.4 Å². The highest BCUT2D eigenvalue weighted by Gasteiger charge is 2.22. The Labute approximate surface area is 103 Å². The molecule has 0 bridgehead atoms. The number of ether oxygens (including phenoxy) is 1. The predicted octanol–water partition coefficient (Wildman–Crippen LogP) is 1.99. The largest absolute Gasteiger partial charge is 0.384 e. The van der Waals surface area contributed by atoms with Crippen LogP contribution in [0.2, 0.25) is 0 Å². The smallest absolute Gasteiger partial charge is 0.0573 e. The van der Waals surface area contributed by atoms with Crippen LogP contribution in [0.4, 0.5) is 11.4 Å². The van der Waals surface area contributed by atoms with Crippen LogP contribution in [0.5, 0.6) is 0 Å². The van der Waals surface area contributed by atoms with Crippen molar-refractivity contribution in [3.05, 3.63) is 18.5 Å². The van der Waals surface area contributed by atoms with Crippen molar-refractivity contribution in [2.45, 2.75) is 13.3 Å². The summed E-state index contributed by atoms with van der Waals surface area (Å²) < 4.78 is 5.22. The van der Waals surface area contributed by atoms with Crippen LogP contribution in [0.25, 0.3) is 0 Å². The first-order valence-electron chi connectivity index (χ1n) is 6.26. The van der Waals surface area contributed by atoms with E-state index in [1.54, 1.807) is 7.11 Å². The van der Waals surface area contributed by atoms with E-state index in [9.17, 15) is 0 Å². The molecule has 1 aromatic heterocycles. The third-order valence-corrected chi connectivity index (χ3v) is 3.16. The monoisotopic (exact) mass is 235 g/mol. The summed E-state index contributed by atoms with van der Waals surface area (Å²) in [4.78, 5) is 6.67. The molecule has 2 rings (SSSR count). The average molecular weight is 235 g/mol. The van der Waals surface area contributed by atoms with Gasteiger partial charge in [0.15, 0.2) is 0 Å². The van der Waals surface area contributed by atoms with Crippen molar-refractivity contribution in [2.24, 2.45) is 5.92 Å². The van der Waals surface area contributed by atoms with Gasteiger partial charge in [-0.3, -0.25) is 4.98 Å². The van der Waals surface area contributed by atoms with Crippen LogP contribution in [0.3, 0.4) is 0 Å². The van der Waals surface area contributed by atoms with Gasteiger partial charge in [0.25, 0.3) is 0 Å². The minimum Gasteiger partial charge on any atom is -0.384 e. The van der Waals surface area contributed by atoms with Gasteiger partial charge in [0.1, 0.15) is 0 Å². The molecule has 4 nitrogen and oxygen atoms in total. The highest BCUT2D eigenvalue weighted by atomic mass is 16.5. The third kappa shape index (κ3) is 3.09. The molecule has 1 aliphatic rings. The van der Waals surface area contributed by atoms with E-state index in [0.29, 0.717) is 5.92 Å². The van der Waals surface area contributed by atoms with Crippen molar-refractivity contribution in [2.75, 3.05) is 43.6 Å². The number of pyridine rings is 1. The molecule has 2 heterocycles. The molecule has 1 unspecified atom stereocenters. The maximum absolute atomic E-state index is 5.22. The topological polar surface area (TPSA) is 37.4 Å². The second-order valence-electron chi connectivity index (χ2n) is 4.52. The van der Waals surface area contributed by atoms with Crippen LogP contribution in [0.15, 0.2) is 18.5 Å². The second-order valence-corrected chi connectivity index (χ2v) is 4.52. The molecule has 1 fully saturated rings. The van der Waals surface area contributed by atoms with Crippen molar-refractivity contribution in [1.82, 2.24) is 4.98 Å². The lowest BCUT2D eigenvalue weighted by molar-refractivity contribution is 0.161. The summed E-state index contributed by atoms with van der Waals surface area (Å²) in [6, 6.07) is 2.17. The Bertz CT molecular complexity index is 356. The molecule has 1 N–H and O–H groups in total. The molecule has 1 aliphatic heterocycles. The van der Waals surface area contributed by atoms with E-state index in [1.807, 2.05) is 12.4 Å². The highest BCUT2D eigenvalue weighted by Crippen LogP contribution is 2.25. The zero-order chi connectivity index (χ0) is 12.1. The minimum absolute atomic E-state index is 0.655. The molecule has 0 spiro atoms. The first-order valence-corrected chi connectivity index (χ1v) is 6.26. The number of hydrogen-bond donors (Lipinski definition) is 1. The lowest BCUT2D eigenvalue weighted by Crippen LogP contribution is -2.21. The van der Waals surface area contributed by atoms with Crippen LogP contribution in [0.1, 0.15) is 13.3 Å². The molecule has 0 radical (unpaired) electrons. The number of nitrogens with one attached hydrogen (secondary N) is 1. The zero-order valence-electron chi connectivity index (χ0n) is 10.6. The second kappa shape index (κ2) is 5.87. The molecule has 0 aliphatic carbocycles. The van der Waals surface area contributed by atoms with Gasteiger partial charge in [-0.25, -0.2) is 0 Å². The van der Waals surface area contributed by atoms with Gasteiger partial charge in [-0.2, -0.15) is 0 Å². The molecular weight excluding hydrogens is 214 g/mol. The van der Waals surface area contributed by atoms with Crippen LogP contribution >= 0.6 is 0 Å². The summed E-state index contributed by atoms with van der Waals surface area (Å²) in [5, 5.41) is 3.29. The molecular formula is C13H21N3O. The Morgan fingerprint density at radius 2 is 2.41 bits per heavy atom. The van der Waals surface area contributed by atoms with E-state index in [4.69, 9.17) is 4.74 Å². The fourth-order valence-corrected chi connectivity index (χ4v) is 2.34. The first kappa shape index (κ1) is 12.2. The first-order chi connectivity index (χ1) is 8.33. The van der Waals surface area contributed by atoms with Gasteiger partial charge in [-0.1, -0.05) is 0 Å². The van der Waals surface area contributed by atoms with Gasteiger partial charge in [-0.05, 0) is 19.4 Å². The number of methoxy groups -OCH3 is 1. The normalized spacial score (nSPS) is 19.6. The lowest BCUT2D eigenvalue weighted by Gasteiger charge is -2.19. The summed E-state index contributed by atoms with van der Waals surface area (Å²) in [6.07, 6.45) is 5.02. The number of rotatable bonds is 5. The molecule has 94 valence electrons. The average Bonchev–Trinajstić information content (AvgIpc) is 2.79. The van der Waals surface area contributed by atoms with Crippen LogP contribution in [-0.4, -0.2) is 38.3 Å². The van der Waals surface area contributed by atoms with E-state index in [0.717, 1.165) is 31.9 Å². The molecule has 17 heavy (non-hydrogen) atoms. The molecule has 1 atom stereocenters. The van der Waals surface area contributed by atoms with Gasteiger partial charge < -0.3 is 15.0 Å². The highest BCUT2D eigenvalue weighted by molar-refractivity contribution is 5.56. The minimum atomic E-state index is 0.655. The maximum Gasteiger partial charge on any atom is 0.0573 e. The van der Waals surface area contributed by atoms with Crippen LogP contribution < -0.4 is 10.2 Å². The molecule has 0 amide bonds. The van der Waals surface area contributed by atoms with Crippen molar-refractivity contribution in [1.29, 1.82) is 0 Å². The Hall–Kier alpha value is -1.29. The van der Waals surface area contributed by atoms with E-state index < -0.39 is 0 Å². The summed E-state index contributed by atoms with van der Waals surface area (Å²) in [7, 11) is 1.77. The molecule has 1 aromatic rings. The lowest BCUT2D eigenvalue weighted by atomic mass is 10.1. The van der Waals surface area contributed by atoms with Crippen LogP contribution in [0, 0.1) is 5.92 Å². The van der Waals surface area contributed by atoms with Crippen LogP contribution in [-0.2, 0) is 4.74 Å². The molecule has 0 saturated carbocycles. The maximum atomic E-state index is 5.22. The van der Waals surface area contributed by atoms with E-state index >= 15 is 0 Å². The number of hydrogen-bond acceptors (Lipinski definition) is 4. The number of aromatic nitrogens is 1. The molecule has 1 saturated heterocycles. The third-order valence-electron chi connectivity index (χ3n) is 3.16. The fraction of sp³-hybridized carbons (Fsp3) is 0.615.